The van der Waals surface area contributed by atoms with Gasteiger partial charge in [-0.15, -0.1) is 0 Å². The molecule has 30 heavy (non-hydrogen) atoms. The van der Waals surface area contributed by atoms with Crippen LogP contribution in [-0.4, -0.2) is 60.2 Å². The third-order valence-electron chi connectivity index (χ3n) is 5.28. The summed E-state index contributed by atoms with van der Waals surface area (Å²) in [5, 5.41) is 0. The molecule has 0 aromatic carbocycles. The Bertz CT molecular complexity index is 900. The van der Waals surface area contributed by atoms with Crippen molar-refractivity contribution in [2.24, 2.45) is 0 Å². The normalized spacial score (nSPS) is 16.5. The van der Waals surface area contributed by atoms with E-state index in [0.29, 0.717) is 43.6 Å². The number of carbonyl (C=O) groups is 1. The van der Waals surface area contributed by atoms with Crippen LogP contribution in [0.4, 0.5) is 17.5 Å². The molecule has 0 spiro atoms. The molecule has 9 nitrogen and oxygen atoms in total. The number of nitrogens with zero attached hydrogens (tertiary/aromatic N) is 5. The van der Waals surface area contributed by atoms with Crippen molar-refractivity contribution in [3.05, 3.63) is 29.5 Å². The van der Waals surface area contributed by atoms with E-state index in [4.69, 9.17) is 15.2 Å². The number of rotatable bonds is 7. The first-order valence-electron chi connectivity index (χ1n) is 10.5. The Labute approximate surface area is 176 Å². The molecular weight excluding hydrogens is 384 g/mol. The van der Waals surface area contributed by atoms with Crippen molar-refractivity contribution >= 4 is 23.2 Å². The van der Waals surface area contributed by atoms with E-state index in [1.165, 1.54) is 0 Å². The highest BCUT2D eigenvalue weighted by atomic mass is 16.5. The summed E-state index contributed by atoms with van der Waals surface area (Å²) in [5.74, 6) is 2.01. The summed E-state index contributed by atoms with van der Waals surface area (Å²) in [6.45, 7) is 6.51. The van der Waals surface area contributed by atoms with E-state index in [1.54, 1.807) is 6.20 Å². The van der Waals surface area contributed by atoms with Gasteiger partial charge >= 0.3 is 6.01 Å². The van der Waals surface area contributed by atoms with Gasteiger partial charge in [-0.3, -0.25) is 4.79 Å². The molecule has 0 amide bonds. The second-order valence-electron chi connectivity index (χ2n) is 7.59. The van der Waals surface area contributed by atoms with Gasteiger partial charge in [-0.1, -0.05) is 13.3 Å². The summed E-state index contributed by atoms with van der Waals surface area (Å²) in [4.78, 5) is 29.9. The Morgan fingerprint density at radius 1 is 1.27 bits per heavy atom. The first kappa shape index (κ1) is 20.3. The Hall–Kier alpha value is -2.94. The molecule has 2 aliphatic rings. The second kappa shape index (κ2) is 9.25. The molecule has 0 radical (unpaired) electrons. The number of fused-ring (bicyclic) bond motifs is 1. The number of carbonyl (C=O) groups excluding carboxylic acids is 1. The van der Waals surface area contributed by atoms with Crippen LogP contribution in [0.3, 0.4) is 0 Å². The highest BCUT2D eigenvalue weighted by Crippen LogP contribution is 2.31. The van der Waals surface area contributed by atoms with Gasteiger partial charge in [0.15, 0.2) is 5.78 Å². The van der Waals surface area contributed by atoms with Crippen molar-refractivity contribution in [2.75, 3.05) is 55.0 Å². The Morgan fingerprint density at radius 3 is 2.90 bits per heavy atom. The smallest absolute Gasteiger partial charge is 0.320 e. The van der Waals surface area contributed by atoms with Crippen LogP contribution < -0.4 is 20.3 Å². The number of anilines is 3. The number of ketones is 1. The largest absolute Gasteiger partial charge is 0.463 e. The number of hydrogen-bond acceptors (Lipinski definition) is 9. The van der Waals surface area contributed by atoms with Crippen LogP contribution in [0, 0.1) is 0 Å². The minimum atomic E-state index is 0.0971. The van der Waals surface area contributed by atoms with Crippen molar-refractivity contribution in [1.29, 1.82) is 0 Å². The topological polar surface area (TPSA) is 107 Å². The first-order chi connectivity index (χ1) is 14.6. The molecule has 0 saturated carbocycles. The lowest BCUT2D eigenvalue weighted by Crippen LogP contribution is -2.38. The monoisotopic (exact) mass is 412 g/mol. The average Bonchev–Trinajstić information content (AvgIpc) is 2.76. The molecule has 1 saturated heterocycles. The summed E-state index contributed by atoms with van der Waals surface area (Å²) < 4.78 is 11.1. The van der Waals surface area contributed by atoms with Crippen LogP contribution in [-0.2, 0) is 22.5 Å². The summed E-state index contributed by atoms with van der Waals surface area (Å²) in [6, 6.07) is 4.29. The quantitative estimate of drug-likeness (QED) is 0.679. The minimum Gasteiger partial charge on any atom is -0.463 e. The molecule has 0 unspecified atom stereocenters. The fourth-order valence-electron chi connectivity index (χ4n) is 3.69. The van der Waals surface area contributed by atoms with Crippen molar-refractivity contribution in [1.82, 2.24) is 15.0 Å². The van der Waals surface area contributed by atoms with Crippen LogP contribution in [0.1, 0.15) is 30.9 Å². The standard InChI is InChI=1S/C21H28N6O3/c1-2-3-8-30-21-24-19(22)17-12-16(28)14-27(20(17)25-21)13-15-4-5-23-18(11-15)26-6-9-29-10-7-26/h4-5,11H,2-3,6-10,12-14H2,1H3,(H2,22,24,25). The lowest BCUT2D eigenvalue weighted by atomic mass is 10.0. The van der Waals surface area contributed by atoms with Gasteiger partial charge in [0.2, 0.25) is 0 Å². The molecule has 2 aromatic heterocycles. The number of aromatic nitrogens is 3. The SMILES string of the molecule is CCCCOc1nc(N)c2c(n1)N(Cc1ccnc(N3CCOCC3)c1)CC(=O)C2. The predicted molar refractivity (Wildman–Crippen MR) is 114 cm³/mol. The maximum Gasteiger partial charge on any atom is 0.320 e. The molecule has 160 valence electrons. The van der Waals surface area contributed by atoms with Gasteiger partial charge in [0, 0.05) is 37.8 Å². The van der Waals surface area contributed by atoms with Gasteiger partial charge in [-0.05, 0) is 24.1 Å². The highest BCUT2D eigenvalue weighted by molar-refractivity contribution is 5.91. The van der Waals surface area contributed by atoms with Gasteiger partial charge in [0.05, 0.1) is 26.4 Å². The third kappa shape index (κ3) is 4.62. The number of hydrogen-bond donors (Lipinski definition) is 1. The second-order valence-corrected chi connectivity index (χ2v) is 7.59. The zero-order valence-electron chi connectivity index (χ0n) is 17.3. The Balaban J connectivity index is 1.57. The number of pyridine rings is 1. The van der Waals surface area contributed by atoms with E-state index in [2.05, 4.69) is 32.8 Å². The molecule has 4 heterocycles. The maximum absolute atomic E-state index is 12.4. The number of morpholine rings is 1. The summed E-state index contributed by atoms with van der Waals surface area (Å²) in [7, 11) is 0. The van der Waals surface area contributed by atoms with Crippen molar-refractivity contribution in [3.8, 4) is 6.01 Å². The highest BCUT2D eigenvalue weighted by Gasteiger charge is 2.28. The van der Waals surface area contributed by atoms with Gasteiger partial charge in [-0.2, -0.15) is 9.97 Å². The van der Waals surface area contributed by atoms with Crippen LogP contribution in [0.25, 0.3) is 0 Å². The van der Waals surface area contributed by atoms with Crippen molar-refractivity contribution < 1.29 is 14.3 Å². The van der Waals surface area contributed by atoms with E-state index in [-0.39, 0.29) is 24.8 Å². The number of unbranched alkanes of at least 4 members (excludes halogenated alkanes) is 1. The minimum absolute atomic E-state index is 0.0971. The van der Waals surface area contributed by atoms with Gasteiger partial charge in [0.1, 0.15) is 17.5 Å². The van der Waals surface area contributed by atoms with Crippen LogP contribution in [0.15, 0.2) is 18.3 Å². The lowest BCUT2D eigenvalue weighted by molar-refractivity contribution is -0.117. The average molecular weight is 412 g/mol. The zero-order valence-corrected chi connectivity index (χ0v) is 17.3. The lowest BCUT2D eigenvalue weighted by Gasteiger charge is -2.31. The fourth-order valence-corrected chi connectivity index (χ4v) is 3.69. The molecule has 4 rings (SSSR count). The maximum atomic E-state index is 12.4. The molecule has 9 heteroatoms. The van der Waals surface area contributed by atoms with Gasteiger partial charge in [0.25, 0.3) is 0 Å². The number of nitrogen functional groups attached to an aromatic ring is 1. The van der Waals surface area contributed by atoms with E-state index >= 15 is 0 Å². The van der Waals surface area contributed by atoms with Crippen molar-refractivity contribution in [2.45, 2.75) is 32.7 Å². The molecule has 1 fully saturated rings. The van der Waals surface area contributed by atoms with Gasteiger partial charge < -0.3 is 25.0 Å². The predicted octanol–water partition coefficient (Wildman–Crippen LogP) is 1.60. The Morgan fingerprint density at radius 2 is 2.10 bits per heavy atom. The molecule has 2 N–H and O–H groups in total. The van der Waals surface area contributed by atoms with E-state index < -0.39 is 0 Å². The fraction of sp³-hybridized carbons (Fsp3) is 0.524. The summed E-state index contributed by atoms with van der Waals surface area (Å²) in [5.41, 5.74) is 7.88. The summed E-state index contributed by atoms with van der Waals surface area (Å²) in [6.07, 6.45) is 4.00. The molecule has 2 aromatic rings. The number of nitrogens with two attached hydrogens (primary N) is 1. The molecule has 0 atom stereocenters. The van der Waals surface area contributed by atoms with E-state index in [0.717, 1.165) is 37.3 Å². The molecular formula is C21H28N6O3. The summed E-state index contributed by atoms with van der Waals surface area (Å²) >= 11 is 0. The van der Waals surface area contributed by atoms with Crippen molar-refractivity contribution in [3.63, 3.8) is 0 Å². The number of Topliss-reactive ketones (excluding diaryl/α,β-unsaturated/α-hetero) is 1. The van der Waals surface area contributed by atoms with Crippen LogP contribution >= 0.6 is 0 Å². The third-order valence-corrected chi connectivity index (χ3v) is 5.28. The Kier molecular flexibility index (Phi) is 6.27. The first-order valence-corrected chi connectivity index (χ1v) is 10.5. The zero-order chi connectivity index (χ0) is 20.9. The van der Waals surface area contributed by atoms with Crippen LogP contribution in [0.2, 0.25) is 0 Å². The van der Waals surface area contributed by atoms with E-state index in [9.17, 15) is 4.79 Å². The number of ether oxygens (including phenoxy) is 2. The van der Waals surface area contributed by atoms with E-state index in [1.807, 2.05) is 11.0 Å². The molecule has 2 aliphatic heterocycles. The van der Waals surface area contributed by atoms with Crippen LogP contribution in [0.5, 0.6) is 6.01 Å². The molecule has 0 bridgehead atoms. The molecule has 0 aliphatic carbocycles. The van der Waals surface area contributed by atoms with Gasteiger partial charge in [-0.25, -0.2) is 4.98 Å².